The zero-order chi connectivity index (χ0) is 15.7. The van der Waals surface area contributed by atoms with Crippen LogP contribution in [0.4, 0.5) is 21.5 Å². The van der Waals surface area contributed by atoms with E-state index in [1.54, 1.807) is 6.07 Å². The minimum Gasteiger partial charge on any atom is -0.398 e. The monoisotopic (exact) mass is 314 g/mol. The van der Waals surface area contributed by atoms with Gasteiger partial charge in [-0.25, -0.2) is 4.39 Å². The van der Waals surface area contributed by atoms with Crippen LogP contribution in [0.15, 0.2) is 54.6 Å². The molecule has 0 saturated carbocycles. The number of nitrogen functional groups attached to an aromatic ring is 1. The lowest BCUT2D eigenvalue weighted by molar-refractivity contribution is 0.628. The van der Waals surface area contributed by atoms with Gasteiger partial charge in [0.1, 0.15) is 5.82 Å². The molecule has 3 rings (SSSR count). The zero-order valence-corrected chi connectivity index (χ0v) is 12.9. The smallest absolute Gasteiger partial charge is 0.124 e. The van der Waals surface area contributed by atoms with Crippen LogP contribution in [0.25, 0.3) is 5.57 Å². The van der Waals surface area contributed by atoms with E-state index in [0.717, 1.165) is 16.9 Å². The molecule has 0 heterocycles. The molecule has 1 aliphatic carbocycles. The molecule has 3 N–H and O–H groups in total. The molecule has 0 fully saturated rings. The maximum absolute atomic E-state index is 13.1. The van der Waals surface area contributed by atoms with Crippen LogP contribution >= 0.6 is 11.6 Å². The Morgan fingerprint density at radius 3 is 2.68 bits per heavy atom. The third kappa shape index (κ3) is 2.85. The van der Waals surface area contributed by atoms with Gasteiger partial charge in [0.25, 0.3) is 0 Å². The summed E-state index contributed by atoms with van der Waals surface area (Å²) in [7, 11) is 0. The number of halogens is 2. The minimum absolute atomic E-state index is 0.340. The molecular weight excluding hydrogens is 299 g/mol. The van der Waals surface area contributed by atoms with Gasteiger partial charge in [-0.05, 0) is 47.9 Å². The second-order valence-electron chi connectivity index (χ2n) is 5.35. The van der Waals surface area contributed by atoms with Gasteiger partial charge in [-0.2, -0.15) is 0 Å². The number of rotatable bonds is 3. The van der Waals surface area contributed by atoms with Crippen LogP contribution < -0.4 is 11.1 Å². The van der Waals surface area contributed by atoms with Gasteiger partial charge in [0, 0.05) is 16.9 Å². The van der Waals surface area contributed by atoms with Gasteiger partial charge in [-0.3, -0.25) is 0 Å². The van der Waals surface area contributed by atoms with Crippen LogP contribution in [-0.4, -0.2) is 0 Å². The Bertz CT molecular complexity index is 781. The predicted molar refractivity (Wildman–Crippen MR) is 91.8 cm³/mol. The first-order valence-electron chi connectivity index (χ1n) is 7.05. The molecule has 2 nitrogen and oxygen atoms in total. The summed E-state index contributed by atoms with van der Waals surface area (Å²) in [6, 6.07) is 10.0. The number of nitrogens with one attached hydrogen (secondary N) is 1. The van der Waals surface area contributed by atoms with Crippen molar-refractivity contribution in [1.29, 1.82) is 0 Å². The fourth-order valence-electron chi connectivity index (χ4n) is 2.55. The van der Waals surface area contributed by atoms with Crippen molar-refractivity contribution in [2.45, 2.75) is 6.92 Å². The maximum atomic E-state index is 13.1. The lowest BCUT2D eigenvalue weighted by Crippen LogP contribution is -2.00. The molecule has 1 unspecified atom stereocenters. The van der Waals surface area contributed by atoms with Gasteiger partial charge in [0.05, 0.1) is 10.7 Å². The first-order valence-corrected chi connectivity index (χ1v) is 7.43. The molecule has 0 bridgehead atoms. The molecular formula is C18H16ClFN2. The molecule has 2 aromatic carbocycles. The van der Waals surface area contributed by atoms with E-state index >= 15 is 0 Å². The summed E-state index contributed by atoms with van der Waals surface area (Å²) < 4.78 is 13.1. The van der Waals surface area contributed by atoms with Crippen molar-refractivity contribution in [3.8, 4) is 0 Å². The van der Waals surface area contributed by atoms with Crippen molar-refractivity contribution in [2.24, 2.45) is 5.92 Å². The Balaban J connectivity index is 1.92. The molecule has 4 heteroatoms. The fourth-order valence-corrected chi connectivity index (χ4v) is 2.76. The molecule has 0 aromatic heterocycles. The summed E-state index contributed by atoms with van der Waals surface area (Å²) in [5.74, 6) is -0.0171. The topological polar surface area (TPSA) is 38.0 Å². The Kier molecular flexibility index (Phi) is 3.90. The number of nitrogens with two attached hydrogens (primary N) is 1. The second-order valence-corrected chi connectivity index (χ2v) is 5.75. The van der Waals surface area contributed by atoms with Gasteiger partial charge in [-0.15, -0.1) is 0 Å². The van der Waals surface area contributed by atoms with Crippen molar-refractivity contribution >= 4 is 34.2 Å². The minimum atomic E-state index is -0.357. The SMILES string of the molecule is CC1C=CC=C1c1cc(Nc2ccc(F)cc2Cl)ccc1N. The number of hydrogen-bond acceptors (Lipinski definition) is 2. The van der Waals surface area contributed by atoms with Crippen LogP contribution in [0.2, 0.25) is 5.02 Å². The molecule has 0 saturated heterocycles. The van der Waals surface area contributed by atoms with Crippen molar-refractivity contribution in [3.05, 3.63) is 71.0 Å². The molecule has 2 aromatic rings. The Morgan fingerprint density at radius 2 is 2.00 bits per heavy atom. The molecule has 0 amide bonds. The highest BCUT2D eigenvalue weighted by atomic mass is 35.5. The van der Waals surface area contributed by atoms with Crippen molar-refractivity contribution in [3.63, 3.8) is 0 Å². The third-order valence-electron chi connectivity index (χ3n) is 3.74. The van der Waals surface area contributed by atoms with E-state index in [1.807, 2.05) is 24.3 Å². The standard InChI is InChI=1S/C18H16ClFN2/c1-11-3-2-4-14(11)15-10-13(6-7-17(15)21)22-18-8-5-12(20)9-16(18)19/h2-11,22H,21H2,1H3. The van der Waals surface area contributed by atoms with E-state index in [0.29, 0.717) is 16.6 Å². The normalized spacial score (nSPS) is 16.7. The number of allylic oxidation sites excluding steroid dienone is 4. The van der Waals surface area contributed by atoms with E-state index in [1.165, 1.54) is 17.7 Å². The molecule has 1 aliphatic rings. The van der Waals surface area contributed by atoms with Gasteiger partial charge in [0.15, 0.2) is 0 Å². The first-order chi connectivity index (χ1) is 10.5. The molecule has 0 aliphatic heterocycles. The third-order valence-corrected chi connectivity index (χ3v) is 4.05. The quantitative estimate of drug-likeness (QED) is 0.745. The van der Waals surface area contributed by atoms with Crippen molar-refractivity contribution < 1.29 is 4.39 Å². The van der Waals surface area contributed by atoms with E-state index in [4.69, 9.17) is 17.3 Å². The van der Waals surface area contributed by atoms with Crippen molar-refractivity contribution in [2.75, 3.05) is 11.1 Å². The van der Waals surface area contributed by atoms with Crippen LogP contribution in [0.1, 0.15) is 12.5 Å². The first kappa shape index (κ1) is 14.7. The fraction of sp³-hybridized carbons (Fsp3) is 0.111. The van der Waals surface area contributed by atoms with Gasteiger partial charge >= 0.3 is 0 Å². The summed E-state index contributed by atoms with van der Waals surface area (Å²) in [5, 5.41) is 3.54. The summed E-state index contributed by atoms with van der Waals surface area (Å²) in [6.45, 7) is 2.13. The van der Waals surface area contributed by atoms with E-state index in [9.17, 15) is 4.39 Å². The van der Waals surface area contributed by atoms with Crippen LogP contribution in [0, 0.1) is 11.7 Å². The second kappa shape index (κ2) is 5.85. The largest absolute Gasteiger partial charge is 0.398 e. The van der Waals surface area contributed by atoms with E-state index in [-0.39, 0.29) is 5.82 Å². The summed E-state index contributed by atoms with van der Waals surface area (Å²) >= 11 is 6.05. The van der Waals surface area contributed by atoms with Gasteiger partial charge in [-0.1, -0.05) is 36.8 Å². The molecule has 112 valence electrons. The molecule has 0 spiro atoms. The summed E-state index contributed by atoms with van der Waals surface area (Å²) in [5.41, 5.74) is 10.5. The van der Waals surface area contributed by atoms with Crippen molar-refractivity contribution in [1.82, 2.24) is 0 Å². The Morgan fingerprint density at radius 1 is 1.18 bits per heavy atom. The molecule has 22 heavy (non-hydrogen) atoms. The van der Waals surface area contributed by atoms with E-state index in [2.05, 4.69) is 24.4 Å². The highest BCUT2D eigenvalue weighted by molar-refractivity contribution is 6.33. The average Bonchev–Trinajstić information content (AvgIpc) is 2.90. The lowest BCUT2D eigenvalue weighted by Gasteiger charge is -2.15. The number of anilines is 3. The van der Waals surface area contributed by atoms with Gasteiger partial charge in [0.2, 0.25) is 0 Å². The maximum Gasteiger partial charge on any atom is 0.124 e. The molecule has 0 radical (unpaired) electrons. The van der Waals surface area contributed by atoms with E-state index < -0.39 is 0 Å². The summed E-state index contributed by atoms with van der Waals surface area (Å²) in [6.07, 6.45) is 6.24. The predicted octanol–water partition coefficient (Wildman–Crippen LogP) is 5.39. The molecule has 1 atom stereocenters. The highest BCUT2D eigenvalue weighted by Crippen LogP contribution is 2.35. The lowest BCUT2D eigenvalue weighted by atomic mass is 9.95. The Hall–Kier alpha value is -2.26. The summed E-state index contributed by atoms with van der Waals surface area (Å²) in [4.78, 5) is 0. The number of benzene rings is 2. The highest BCUT2D eigenvalue weighted by Gasteiger charge is 2.15. The van der Waals surface area contributed by atoms with Crippen LogP contribution in [0.3, 0.4) is 0 Å². The Labute approximate surface area is 134 Å². The van der Waals surface area contributed by atoms with Crippen LogP contribution in [0.5, 0.6) is 0 Å². The zero-order valence-electron chi connectivity index (χ0n) is 12.1. The van der Waals surface area contributed by atoms with Gasteiger partial charge < -0.3 is 11.1 Å². The number of hydrogen-bond donors (Lipinski definition) is 2. The van der Waals surface area contributed by atoms with Crippen LogP contribution in [-0.2, 0) is 0 Å². The average molecular weight is 315 g/mol.